The van der Waals surface area contributed by atoms with Crippen LogP contribution in [0, 0.1) is 0 Å². The smallest absolute Gasteiger partial charge is 0.146 e. The van der Waals surface area contributed by atoms with E-state index in [2.05, 4.69) is 9.47 Å². The van der Waals surface area contributed by atoms with Gasteiger partial charge in [0.1, 0.15) is 25.8 Å². The predicted molar refractivity (Wildman–Crippen MR) is 47.7 cm³/mol. The zero-order valence-electron chi connectivity index (χ0n) is 8.51. The zero-order chi connectivity index (χ0) is 10.8. The van der Waals surface area contributed by atoms with E-state index in [1.165, 1.54) is 14.2 Å². The summed E-state index contributed by atoms with van der Waals surface area (Å²) in [5.41, 5.74) is 0. The van der Waals surface area contributed by atoms with Crippen molar-refractivity contribution < 1.29 is 29.2 Å². The van der Waals surface area contributed by atoms with E-state index in [9.17, 15) is 0 Å². The summed E-state index contributed by atoms with van der Waals surface area (Å²) in [5.74, 6) is 0. The van der Waals surface area contributed by atoms with E-state index >= 15 is 0 Å². The lowest BCUT2D eigenvalue weighted by Crippen LogP contribution is -2.38. The largest absolute Gasteiger partial charge is 0.394 e. The first kappa shape index (κ1) is 13.8. The summed E-state index contributed by atoms with van der Waals surface area (Å²) in [5, 5.41) is 17.9. The molecule has 0 aliphatic heterocycles. The Hall–Kier alpha value is -0.240. The normalized spacial score (nSPS) is 15.4. The van der Waals surface area contributed by atoms with Crippen molar-refractivity contribution in [2.45, 2.75) is 12.2 Å². The second kappa shape index (κ2) is 9.32. The minimum atomic E-state index is -0.616. The maximum atomic E-state index is 8.94. The van der Waals surface area contributed by atoms with Gasteiger partial charge in [0.2, 0.25) is 0 Å². The molecule has 0 aliphatic rings. The number of rotatable bonds is 9. The SMILES string of the molecule is COCO[C@H](CO)[C@@H](CO)OCOC. The van der Waals surface area contributed by atoms with Gasteiger partial charge < -0.3 is 29.2 Å². The van der Waals surface area contributed by atoms with Crippen molar-refractivity contribution >= 4 is 0 Å². The minimum absolute atomic E-state index is 0.0398. The monoisotopic (exact) mass is 210 g/mol. The first-order chi connectivity index (χ1) is 6.79. The minimum Gasteiger partial charge on any atom is -0.394 e. The van der Waals surface area contributed by atoms with Crippen LogP contribution in [0.3, 0.4) is 0 Å². The number of hydrogen-bond acceptors (Lipinski definition) is 6. The molecule has 0 rings (SSSR count). The van der Waals surface area contributed by atoms with E-state index in [1.807, 2.05) is 0 Å². The van der Waals surface area contributed by atoms with Crippen LogP contribution in [0.15, 0.2) is 0 Å². The van der Waals surface area contributed by atoms with Gasteiger partial charge in [-0.05, 0) is 0 Å². The van der Waals surface area contributed by atoms with Crippen molar-refractivity contribution in [3.8, 4) is 0 Å². The summed E-state index contributed by atoms with van der Waals surface area (Å²) >= 11 is 0. The van der Waals surface area contributed by atoms with Gasteiger partial charge in [0.15, 0.2) is 0 Å². The molecule has 0 aromatic heterocycles. The molecule has 0 heterocycles. The summed E-state index contributed by atoms with van der Waals surface area (Å²) in [4.78, 5) is 0. The Morgan fingerprint density at radius 2 is 1.21 bits per heavy atom. The standard InChI is InChI=1S/C8H18O6/c1-11-5-13-7(3-9)8(4-10)14-6-12-2/h7-10H,3-6H2,1-2H3/t7-,8-/m1/s1. The Balaban J connectivity index is 3.87. The molecule has 0 aromatic carbocycles. The van der Waals surface area contributed by atoms with Gasteiger partial charge in [-0.3, -0.25) is 0 Å². The number of methoxy groups -OCH3 is 2. The molecular formula is C8H18O6. The molecule has 86 valence electrons. The molecule has 0 saturated carbocycles. The van der Waals surface area contributed by atoms with Crippen molar-refractivity contribution in [1.29, 1.82) is 0 Å². The molecule has 0 spiro atoms. The molecule has 0 aliphatic carbocycles. The molecular weight excluding hydrogens is 192 g/mol. The number of hydrogen-bond donors (Lipinski definition) is 2. The quantitative estimate of drug-likeness (QED) is 0.473. The summed E-state index contributed by atoms with van der Waals surface area (Å²) in [6.07, 6.45) is -1.23. The molecule has 0 radical (unpaired) electrons. The van der Waals surface area contributed by atoms with Gasteiger partial charge in [0, 0.05) is 14.2 Å². The second-order valence-corrected chi connectivity index (χ2v) is 2.59. The first-order valence-electron chi connectivity index (χ1n) is 4.22. The van der Waals surface area contributed by atoms with Crippen LogP contribution in [-0.4, -0.2) is 63.4 Å². The van der Waals surface area contributed by atoms with Crippen LogP contribution in [0.5, 0.6) is 0 Å². The Labute approximate surface area is 83.3 Å². The molecule has 0 unspecified atom stereocenters. The highest BCUT2D eigenvalue weighted by Crippen LogP contribution is 2.03. The van der Waals surface area contributed by atoms with E-state index in [0.29, 0.717) is 0 Å². The van der Waals surface area contributed by atoms with Crippen LogP contribution in [-0.2, 0) is 18.9 Å². The third kappa shape index (κ3) is 5.48. The van der Waals surface area contributed by atoms with Crippen molar-refractivity contribution in [1.82, 2.24) is 0 Å². The third-order valence-electron chi connectivity index (χ3n) is 1.57. The van der Waals surface area contributed by atoms with Gasteiger partial charge in [-0.25, -0.2) is 0 Å². The van der Waals surface area contributed by atoms with Crippen LogP contribution in [0.25, 0.3) is 0 Å². The van der Waals surface area contributed by atoms with Gasteiger partial charge in [-0.1, -0.05) is 0 Å². The van der Waals surface area contributed by atoms with Crippen LogP contribution < -0.4 is 0 Å². The van der Waals surface area contributed by atoms with E-state index in [1.54, 1.807) is 0 Å². The lowest BCUT2D eigenvalue weighted by Gasteiger charge is -2.23. The van der Waals surface area contributed by atoms with Crippen LogP contribution in [0.2, 0.25) is 0 Å². The van der Waals surface area contributed by atoms with Gasteiger partial charge in [0.25, 0.3) is 0 Å². The van der Waals surface area contributed by atoms with Crippen molar-refractivity contribution in [3.05, 3.63) is 0 Å². The van der Waals surface area contributed by atoms with E-state index in [-0.39, 0.29) is 26.8 Å². The molecule has 0 aromatic rings. The van der Waals surface area contributed by atoms with Crippen LogP contribution >= 0.6 is 0 Å². The van der Waals surface area contributed by atoms with Gasteiger partial charge in [0.05, 0.1) is 13.2 Å². The van der Waals surface area contributed by atoms with E-state index < -0.39 is 12.2 Å². The van der Waals surface area contributed by atoms with Crippen LogP contribution in [0.4, 0.5) is 0 Å². The highest BCUT2D eigenvalue weighted by atomic mass is 16.7. The molecule has 2 atom stereocenters. The Kier molecular flexibility index (Phi) is 9.16. The lowest BCUT2D eigenvalue weighted by molar-refractivity contribution is -0.176. The van der Waals surface area contributed by atoms with E-state index in [0.717, 1.165) is 0 Å². The van der Waals surface area contributed by atoms with Crippen molar-refractivity contribution in [2.75, 3.05) is 41.0 Å². The summed E-state index contributed by atoms with van der Waals surface area (Å²) in [6, 6.07) is 0. The van der Waals surface area contributed by atoms with E-state index in [4.69, 9.17) is 19.7 Å². The number of ether oxygens (including phenoxy) is 4. The molecule has 0 fully saturated rings. The first-order valence-corrected chi connectivity index (χ1v) is 4.22. The summed E-state index contributed by atoms with van der Waals surface area (Å²) < 4.78 is 19.5. The fraction of sp³-hybridized carbons (Fsp3) is 1.00. The topological polar surface area (TPSA) is 77.4 Å². The zero-order valence-corrected chi connectivity index (χ0v) is 8.51. The number of aliphatic hydroxyl groups excluding tert-OH is 2. The molecule has 6 nitrogen and oxygen atoms in total. The van der Waals surface area contributed by atoms with Gasteiger partial charge >= 0.3 is 0 Å². The van der Waals surface area contributed by atoms with Gasteiger partial charge in [-0.2, -0.15) is 0 Å². The van der Waals surface area contributed by atoms with Crippen molar-refractivity contribution in [2.24, 2.45) is 0 Å². The average Bonchev–Trinajstić information content (AvgIpc) is 2.23. The fourth-order valence-corrected chi connectivity index (χ4v) is 0.866. The Bertz CT molecular complexity index is 106. The molecule has 2 N–H and O–H groups in total. The van der Waals surface area contributed by atoms with Crippen molar-refractivity contribution in [3.63, 3.8) is 0 Å². The lowest BCUT2D eigenvalue weighted by atomic mass is 10.2. The third-order valence-corrected chi connectivity index (χ3v) is 1.57. The second-order valence-electron chi connectivity index (χ2n) is 2.59. The molecule has 6 heteroatoms. The molecule has 14 heavy (non-hydrogen) atoms. The Morgan fingerprint density at radius 3 is 1.43 bits per heavy atom. The number of aliphatic hydroxyl groups is 2. The maximum Gasteiger partial charge on any atom is 0.146 e. The van der Waals surface area contributed by atoms with Gasteiger partial charge in [-0.15, -0.1) is 0 Å². The average molecular weight is 210 g/mol. The van der Waals surface area contributed by atoms with Crippen LogP contribution in [0.1, 0.15) is 0 Å². The summed E-state index contributed by atoms with van der Waals surface area (Å²) in [6.45, 7) is -0.424. The predicted octanol–water partition coefficient (Wildman–Crippen LogP) is -1.05. The maximum absolute atomic E-state index is 8.94. The Morgan fingerprint density at radius 1 is 0.857 bits per heavy atom. The fourth-order valence-electron chi connectivity index (χ4n) is 0.866. The molecule has 0 amide bonds. The highest BCUT2D eigenvalue weighted by Gasteiger charge is 2.21. The molecule has 0 bridgehead atoms. The summed E-state index contributed by atoms with van der Waals surface area (Å²) in [7, 11) is 2.94. The molecule has 0 saturated heterocycles. The highest BCUT2D eigenvalue weighted by molar-refractivity contribution is 4.68.